The minimum atomic E-state index is -0.183. The fourth-order valence-electron chi connectivity index (χ4n) is 1.33. The third-order valence-electron chi connectivity index (χ3n) is 2.22. The Morgan fingerprint density at radius 3 is 2.94 bits per heavy atom. The van der Waals surface area contributed by atoms with Gasteiger partial charge < -0.3 is 10.2 Å². The lowest BCUT2D eigenvalue weighted by Gasteiger charge is -2.11. The van der Waals surface area contributed by atoms with E-state index in [0.717, 1.165) is 5.82 Å². The van der Waals surface area contributed by atoms with Crippen molar-refractivity contribution in [3.8, 4) is 0 Å². The molecule has 0 aromatic carbocycles. The largest absolute Gasteiger partial charge is 0.363 e. The fourth-order valence-corrected chi connectivity index (χ4v) is 1.33. The van der Waals surface area contributed by atoms with Crippen molar-refractivity contribution in [2.24, 2.45) is 0 Å². The lowest BCUT2D eigenvalue weighted by molar-refractivity contribution is 0.102. The highest BCUT2D eigenvalue weighted by atomic mass is 16.1. The molecule has 0 aliphatic carbocycles. The van der Waals surface area contributed by atoms with Crippen molar-refractivity contribution in [3.05, 3.63) is 36.3 Å². The molecular formula is C11H13N5O. The predicted octanol–water partition coefficient (Wildman–Crippen LogP) is 1.12. The predicted molar refractivity (Wildman–Crippen MR) is 65.1 cm³/mol. The van der Waals surface area contributed by atoms with Crippen LogP contribution in [0.4, 0.5) is 11.5 Å². The summed E-state index contributed by atoms with van der Waals surface area (Å²) in [5, 5.41) is 9.11. The van der Waals surface area contributed by atoms with Crippen molar-refractivity contribution < 1.29 is 4.79 Å². The molecule has 0 saturated carbocycles. The smallest absolute Gasteiger partial charge is 0.255 e. The molecule has 1 amide bonds. The van der Waals surface area contributed by atoms with E-state index in [2.05, 4.69) is 20.5 Å². The zero-order valence-corrected chi connectivity index (χ0v) is 9.64. The van der Waals surface area contributed by atoms with Crippen LogP contribution in [0.5, 0.6) is 0 Å². The van der Waals surface area contributed by atoms with E-state index in [9.17, 15) is 4.79 Å². The lowest BCUT2D eigenvalue weighted by Crippen LogP contribution is -2.15. The van der Waals surface area contributed by atoms with Gasteiger partial charge in [0, 0.05) is 32.1 Å². The highest BCUT2D eigenvalue weighted by Crippen LogP contribution is 2.11. The summed E-state index contributed by atoms with van der Waals surface area (Å²) < 4.78 is 0. The molecule has 0 bridgehead atoms. The van der Waals surface area contributed by atoms with E-state index in [1.54, 1.807) is 30.7 Å². The monoisotopic (exact) mass is 231 g/mol. The first kappa shape index (κ1) is 11.1. The Labute approximate surface area is 98.7 Å². The highest BCUT2D eigenvalue weighted by molar-refractivity contribution is 6.04. The van der Waals surface area contributed by atoms with E-state index in [4.69, 9.17) is 0 Å². The highest BCUT2D eigenvalue weighted by Gasteiger charge is 2.08. The van der Waals surface area contributed by atoms with Gasteiger partial charge in [0.05, 0.1) is 11.9 Å². The van der Waals surface area contributed by atoms with Crippen LogP contribution in [0.25, 0.3) is 0 Å². The van der Waals surface area contributed by atoms with Gasteiger partial charge in [-0.3, -0.25) is 9.89 Å². The van der Waals surface area contributed by atoms with E-state index in [1.165, 1.54) is 0 Å². The number of nitrogens with one attached hydrogen (secondary N) is 2. The maximum Gasteiger partial charge on any atom is 0.255 e. The fraction of sp³-hybridized carbons (Fsp3) is 0.182. The molecule has 2 N–H and O–H groups in total. The Morgan fingerprint density at radius 1 is 1.47 bits per heavy atom. The number of aromatic amines is 1. The number of carbonyl (C=O) groups is 1. The number of anilines is 2. The number of hydrogen-bond donors (Lipinski definition) is 2. The maximum atomic E-state index is 11.9. The van der Waals surface area contributed by atoms with Gasteiger partial charge in [-0.2, -0.15) is 5.10 Å². The van der Waals surface area contributed by atoms with Crippen molar-refractivity contribution in [2.45, 2.75) is 0 Å². The second-order valence-corrected chi connectivity index (χ2v) is 3.74. The second-order valence-electron chi connectivity index (χ2n) is 3.74. The number of amides is 1. The number of hydrogen-bond acceptors (Lipinski definition) is 4. The SMILES string of the molecule is CN(C)c1cc(C(=O)Nc2cn[nH]c2)ccn1. The molecule has 88 valence electrons. The van der Waals surface area contributed by atoms with Crippen LogP contribution in [0, 0.1) is 0 Å². The Morgan fingerprint density at radius 2 is 2.29 bits per heavy atom. The van der Waals surface area contributed by atoms with Crippen LogP contribution in [-0.4, -0.2) is 35.2 Å². The van der Waals surface area contributed by atoms with Crippen LogP contribution < -0.4 is 10.2 Å². The summed E-state index contributed by atoms with van der Waals surface area (Å²) in [6, 6.07) is 3.40. The van der Waals surface area contributed by atoms with Crippen LogP contribution in [0.3, 0.4) is 0 Å². The Hall–Kier alpha value is -2.37. The molecule has 0 fully saturated rings. The van der Waals surface area contributed by atoms with Gasteiger partial charge >= 0.3 is 0 Å². The van der Waals surface area contributed by atoms with Gasteiger partial charge in [0.1, 0.15) is 5.82 Å². The molecule has 0 unspecified atom stereocenters. The number of nitrogens with zero attached hydrogens (tertiary/aromatic N) is 3. The van der Waals surface area contributed by atoms with Crippen molar-refractivity contribution >= 4 is 17.4 Å². The molecule has 2 aromatic rings. The number of rotatable bonds is 3. The number of aromatic nitrogens is 3. The first-order valence-electron chi connectivity index (χ1n) is 5.10. The topological polar surface area (TPSA) is 73.9 Å². The van der Waals surface area contributed by atoms with Crippen molar-refractivity contribution in [2.75, 3.05) is 24.3 Å². The Kier molecular flexibility index (Phi) is 3.04. The van der Waals surface area contributed by atoms with Crippen LogP contribution >= 0.6 is 0 Å². The molecule has 0 spiro atoms. The van der Waals surface area contributed by atoms with E-state index in [1.807, 2.05) is 19.0 Å². The summed E-state index contributed by atoms with van der Waals surface area (Å²) in [6.07, 6.45) is 4.78. The molecule has 2 rings (SSSR count). The third kappa shape index (κ3) is 2.60. The van der Waals surface area contributed by atoms with Gasteiger partial charge in [-0.1, -0.05) is 0 Å². The molecule has 6 nitrogen and oxygen atoms in total. The van der Waals surface area contributed by atoms with E-state index < -0.39 is 0 Å². The average molecular weight is 231 g/mol. The molecule has 2 aromatic heterocycles. The van der Waals surface area contributed by atoms with Crippen LogP contribution in [0.2, 0.25) is 0 Å². The molecule has 0 saturated heterocycles. The Bertz CT molecular complexity index is 506. The minimum absolute atomic E-state index is 0.183. The van der Waals surface area contributed by atoms with E-state index >= 15 is 0 Å². The van der Waals surface area contributed by atoms with Gasteiger partial charge in [-0.05, 0) is 12.1 Å². The molecule has 0 aliphatic heterocycles. The molecule has 0 radical (unpaired) electrons. The normalized spacial score (nSPS) is 10.0. The van der Waals surface area contributed by atoms with Gasteiger partial charge in [0.2, 0.25) is 0 Å². The molecular weight excluding hydrogens is 218 g/mol. The van der Waals surface area contributed by atoms with Gasteiger partial charge in [0.15, 0.2) is 0 Å². The minimum Gasteiger partial charge on any atom is -0.363 e. The molecule has 0 atom stereocenters. The van der Waals surface area contributed by atoms with Crippen molar-refractivity contribution in [1.82, 2.24) is 15.2 Å². The zero-order chi connectivity index (χ0) is 12.3. The Balaban J connectivity index is 2.16. The summed E-state index contributed by atoms with van der Waals surface area (Å²) >= 11 is 0. The average Bonchev–Trinajstić information content (AvgIpc) is 2.82. The second kappa shape index (κ2) is 4.65. The summed E-state index contributed by atoms with van der Waals surface area (Å²) in [4.78, 5) is 17.9. The van der Waals surface area contributed by atoms with Crippen LogP contribution in [0.15, 0.2) is 30.7 Å². The third-order valence-corrected chi connectivity index (χ3v) is 2.22. The van der Waals surface area contributed by atoms with Crippen LogP contribution in [-0.2, 0) is 0 Å². The van der Waals surface area contributed by atoms with Gasteiger partial charge in [-0.25, -0.2) is 4.98 Å². The number of H-pyrrole nitrogens is 1. The summed E-state index contributed by atoms with van der Waals surface area (Å²) in [7, 11) is 3.75. The maximum absolute atomic E-state index is 11.9. The standard InChI is InChI=1S/C11H13N5O/c1-16(2)10-5-8(3-4-12-10)11(17)15-9-6-13-14-7-9/h3-7H,1-2H3,(H,13,14)(H,15,17). The first-order chi connectivity index (χ1) is 8.16. The van der Waals surface area contributed by atoms with Gasteiger partial charge in [-0.15, -0.1) is 0 Å². The molecule has 2 heterocycles. The van der Waals surface area contributed by atoms with Crippen LogP contribution in [0.1, 0.15) is 10.4 Å². The zero-order valence-electron chi connectivity index (χ0n) is 9.64. The lowest BCUT2D eigenvalue weighted by atomic mass is 10.2. The summed E-state index contributed by atoms with van der Waals surface area (Å²) in [5.74, 6) is 0.557. The molecule has 0 aliphatic rings. The summed E-state index contributed by atoms with van der Waals surface area (Å²) in [6.45, 7) is 0. The van der Waals surface area contributed by atoms with E-state index in [0.29, 0.717) is 11.3 Å². The first-order valence-corrected chi connectivity index (χ1v) is 5.10. The number of pyridine rings is 1. The number of carbonyl (C=O) groups excluding carboxylic acids is 1. The quantitative estimate of drug-likeness (QED) is 0.830. The van der Waals surface area contributed by atoms with Gasteiger partial charge in [0.25, 0.3) is 5.91 Å². The van der Waals surface area contributed by atoms with E-state index in [-0.39, 0.29) is 5.91 Å². The molecule has 6 heteroatoms. The molecule has 17 heavy (non-hydrogen) atoms. The van der Waals surface area contributed by atoms with Crippen molar-refractivity contribution in [3.63, 3.8) is 0 Å². The summed E-state index contributed by atoms with van der Waals surface area (Å²) in [5.41, 5.74) is 1.20. The van der Waals surface area contributed by atoms with Crippen molar-refractivity contribution in [1.29, 1.82) is 0 Å².